The molecule has 18 heavy (non-hydrogen) atoms. The van der Waals surface area contributed by atoms with Crippen molar-refractivity contribution in [2.45, 2.75) is 45.0 Å². The normalized spacial score (nSPS) is 14.1. The van der Waals surface area contributed by atoms with Crippen LogP contribution in [-0.4, -0.2) is 9.55 Å². The van der Waals surface area contributed by atoms with Crippen molar-refractivity contribution in [1.82, 2.24) is 9.55 Å². The number of fused-ring (bicyclic) bond motifs is 1. The zero-order valence-electron chi connectivity index (χ0n) is 11.2. The molecule has 0 N–H and O–H groups in total. The summed E-state index contributed by atoms with van der Waals surface area (Å²) in [5.41, 5.74) is 2.15. The van der Waals surface area contributed by atoms with Crippen LogP contribution in [0, 0.1) is 0 Å². The van der Waals surface area contributed by atoms with E-state index in [0.717, 1.165) is 27.8 Å². The van der Waals surface area contributed by atoms with Crippen molar-refractivity contribution in [3.05, 3.63) is 28.5 Å². The lowest BCUT2D eigenvalue weighted by Gasteiger charge is -2.28. The van der Waals surface area contributed by atoms with E-state index in [2.05, 4.69) is 58.4 Å². The fourth-order valence-corrected chi connectivity index (χ4v) is 2.63. The molecule has 4 heteroatoms. The van der Waals surface area contributed by atoms with Crippen LogP contribution in [0.15, 0.2) is 22.7 Å². The number of hydrogen-bond acceptors (Lipinski definition) is 1. The first-order valence-corrected chi connectivity index (χ1v) is 7.42. The monoisotopic (exact) mass is 328 g/mol. The van der Waals surface area contributed by atoms with Gasteiger partial charge in [-0.2, -0.15) is 0 Å². The summed E-state index contributed by atoms with van der Waals surface area (Å²) in [6, 6.07) is 6.20. The van der Waals surface area contributed by atoms with E-state index in [4.69, 9.17) is 11.6 Å². The first kappa shape index (κ1) is 13.9. The number of rotatable bonds is 3. The number of benzene rings is 1. The third kappa shape index (κ3) is 2.30. The van der Waals surface area contributed by atoms with Gasteiger partial charge in [-0.05, 0) is 45.4 Å². The fourth-order valence-electron chi connectivity index (χ4n) is 2.13. The maximum Gasteiger partial charge on any atom is 0.128 e. The molecular formula is C14H18BrClN2. The maximum atomic E-state index is 6.29. The van der Waals surface area contributed by atoms with Gasteiger partial charge < -0.3 is 4.57 Å². The Hall–Kier alpha value is -0.540. The molecule has 1 aromatic heterocycles. The number of alkyl halides is 1. The van der Waals surface area contributed by atoms with E-state index in [0.29, 0.717) is 0 Å². The molecule has 2 aromatic rings. The molecule has 0 saturated carbocycles. The molecule has 2 rings (SSSR count). The summed E-state index contributed by atoms with van der Waals surface area (Å²) in [5, 5.41) is -0.0954. The quantitative estimate of drug-likeness (QED) is 0.704. The Morgan fingerprint density at radius 3 is 2.67 bits per heavy atom. The third-order valence-electron chi connectivity index (χ3n) is 3.47. The van der Waals surface area contributed by atoms with E-state index in [1.54, 1.807) is 0 Å². The molecule has 98 valence electrons. The largest absolute Gasteiger partial charge is 0.321 e. The molecule has 1 unspecified atom stereocenters. The molecular weight excluding hydrogens is 312 g/mol. The van der Waals surface area contributed by atoms with Crippen LogP contribution < -0.4 is 0 Å². The van der Waals surface area contributed by atoms with Gasteiger partial charge in [0.25, 0.3) is 0 Å². The summed E-state index contributed by atoms with van der Waals surface area (Å²) in [4.78, 5) is 4.69. The van der Waals surface area contributed by atoms with Crippen molar-refractivity contribution in [3.8, 4) is 0 Å². The van der Waals surface area contributed by atoms with E-state index >= 15 is 0 Å². The molecule has 0 fully saturated rings. The Morgan fingerprint density at radius 1 is 1.44 bits per heavy atom. The van der Waals surface area contributed by atoms with Crippen molar-refractivity contribution >= 4 is 38.6 Å². The number of halogens is 2. The van der Waals surface area contributed by atoms with Crippen molar-refractivity contribution in [1.29, 1.82) is 0 Å². The fraction of sp³-hybridized carbons (Fsp3) is 0.500. The third-order valence-corrected chi connectivity index (χ3v) is 4.16. The van der Waals surface area contributed by atoms with Gasteiger partial charge in [-0.15, -0.1) is 11.6 Å². The molecule has 0 radical (unpaired) electrons. The lowest BCUT2D eigenvalue weighted by Crippen LogP contribution is -2.27. The minimum absolute atomic E-state index is 0.0149. The van der Waals surface area contributed by atoms with Gasteiger partial charge in [-0.25, -0.2) is 4.98 Å². The van der Waals surface area contributed by atoms with Gasteiger partial charge >= 0.3 is 0 Å². The lowest BCUT2D eigenvalue weighted by molar-refractivity contribution is 0.341. The highest BCUT2D eigenvalue weighted by molar-refractivity contribution is 9.10. The summed E-state index contributed by atoms with van der Waals surface area (Å²) in [5.74, 6) is 0.941. The number of imidazole rings is 1. The molecule has 0 aliphatic carbocycles. The second-order valence-corrected chi connectivity index (χ2v) is 6.79. The molecule has 1 heterocycles. The Balaban J connectivity index is 2.79. The minimum Gasteiger partial charge on any atom is -0.321 e. The Morgan fingerprint density at radius 2 is 2.11 bits per heavy atom. The molecule has 0 aliphatic heterocycles. The molecule has 0 bridgehead atoms. The average Bonchev–Trinajstić information content (AvgIpc) is 2.68. The number of aromatic nitrogens is 2. The smallest absolute Gasteiger partial charge is 0.128 e. The SMILES string of the molecule is CCC(C)(C)n1c(C(C)Cl)nc2cc(Br)ccc21. The highest BCUT2D eigenvalue weighted by Crippen LogP contribution is 2.33. The van der Waals surface area contributed by atoms with Crippen LogP contribution in [0.3, 0.4) is 0 Å². The van der Waals surface area contributed by atoms with Gasteiger partial charge in [0.2, 0.25) is 0 Å². The number of nitrogens with zero attached hydrogens (tertiary/aromatic N) is 2. The van der Waals surface area contributed by atoms with Gasteiger partial charge in [0.05, 0.1) is 16.4 Å². The molecule has 1 aromatic carbocycles. The summed E-state index contributed by atoms with van der Waals surface area (Å²) in [6.45, 7) is 8.60. The van der Waals surface area contributed by atoms with Crippen molar-refractivity contribution in [2.75, 3.05) is 0 Å². The standard InChI is InChI=1S/C14H18BrClN2/c1-5-14(3,4)18-12-7-6-10(15)8-11(12)17-13(18)9(2)16/h6-9H,5H2,1-4H3. The van der Waals surface area contributed by atoms with Crippen LogP contribution in [0.25, 0.3) is 11.0 Å². The van der Waals surface area contributed by atoms with E-state index in [1.165, 1.54) is 0 Å². The van der Waals surface area contributed by atoms with E-state index in [-0.39, 0.29) is 10.9 Å². The van der Waals surface area contributed by atoms with Gasteiger partial charge in [0.15, 0.2) is 0 Å². The lowest BCUT2D eigenvalue weighted by atomic mass is 10.0. The number of hydrogen-bond donors (Lipinski definition) is 0. The zero-order chi connectivity index (χ0) is 13.5. The van der Waals surface area contributed by atoms with Gasteiger partial charge in [0.1, 0.15) is 5.82 Å². The summed E-state index contributed by atoms with van der Waals surface area (Å²) >= 11 is 9.78. The van der Waals surface area contributed by atoms with Gasteiger partial charge in [-0.1, -0.05) is 22.9 Å². The summed E-state index contributed by atoms with van der Waals surface area (Å²) in [7, 11) is 0. The minimum atomic E-state index is -0.0954. The summed E-state index contributed by atoms with van der Waals surface area (Å²) in [6.07, 6.45) is 1.03. The maximum absolute atomic E-state index is 6.29. The van der Waals surface area contributed by atoms with E-state index in [9.17, 15) is 0 Å². The van der Waals surface area contributed by atoms with E-state index < -0.39 is 0 Å². The van der Waals surface area contributed by atoms with Gasteiger partial charge in [0, 0.05) is 10.0 Å². The first-order chi connectivity index (χ1) is 8.36. The van der Waals surface area contributed by atoms with Crippen LogP contribution >= 0.6 is 27.5 Å². The Labute approximate surface area is 121 Å². The highest BCUT2D eigenvalue weighted by atomic mass is 79.9. The molecule has 0 saturated heterocycles. The van der Waals surface area contributed by atoms with Crippen LogP contribution in [0.4, 0.5) is 0 Å². The predicted octanol–water partition coefficient (Wildman–Crippen LogP) is 5.24. The van der Waals surface area contributed by atoms with Crippen molar-refractivity contribution < 1.29 is 0 Å². The average molecular weight is 330 g/mol. The van der Waals surface area contributed by atoms with E-state index in [1.807, 2.05) is 13.0 Å². The second-order valence-electron chi connectivity index (χ2n) is 5.22. The first-order valence-electron chi connectivity index (χ1n) is 6.19. The van der Waals surface area contributed by atoms with Crippen molar-refractivity contribution in [3.63, 3.8) is 0 Å². The molecule has 0 spiro atoms. The predicted molar refractivity (Wildman–Crippen MR) is 81.3 cm³/mol. The zero-order valence-corrected chi connectivity index (χ0v) is 13.5. The highest BCUT2D eigenvalue weighted by Gasteiger charge is 2.26. The summed E-state index contributed by atoms with van der Waals surface area (Å²) < 4.78 is 3.31. The van der Waals surface area contributed by atoms with Crippen LogP contribution in [0.2, 0.25) is 0 Å². The Kier molecular flexibility index (Phi) is 3.75. The van der Waals surface area contributed by atoms with Crippen LogP contribution in [-0.2, 0) is 5.54 Å². The molecule has 0 aliphatic rings. The van der Waals surface area contributed by atoms with Gasteiger partial charge in [-0.3, -0.25) is 0 Å². The molecule has 2 nitrogen and oxygen atoms in total. The Bertz CT molecular complexity index is 572. The molecule has 0 amide bonds. The second kappa shape index (κ2) is 4.86. The van der Waals surface area contributed by atoms with Crippen LogP contribution in [0.5, 0.6) is 0 Å². The van der Waals surface area contributed by atoms with Crippen LogP contribution in [0.1, 0.15) is 45.3 Å². The van der Waals surface area contributed by atoms with Crippen molar-refractivity contribution in [2.24, 2.45) is 0 Å². The molecule has 1 atom stereocenters. The topological polar surface area (TPSA) is 17.8 Å².